The third-order valence-electron chi connectivity index (χ3n) is 2.70. The zero-order chi connectivity index (χ0) is 13.1. The number of anilines is 1. The molecular formula is C14H13BrClNO. The first-order valence-corrected chi connectivity index (χ1v) is 6.74. The van der Waals surface area contributed by atoms with Crippen molar-refractivity contribution in [2.24, 2.45) is 0 Å². The monoisotopic (exact) mass is 325 g/mol. The van der Waals surface area contributed by atoms with Crippen LogP contribution in [0.2, 0.25) is 5.02 Å². The second kappa shape index (κ2) is 5.63. The maximum atomic E-state index is 9.80. The van der Waals surface area contributed by atoms with Gasteiger partial charge in [-0.2, -0.15) is 0 Å². The number of para-hydroxylation sites is 1. The Bertz CT molecular complexity index is 559. The van der Waals surface area contributed by atoms with Crippen molar-refractivity contribution in [1.29, 1.82) is 0 Å². The van der Waals surface area contributed by atoms with E-state index in [9.17, 15) is 5.11 Å². The normalized spacial score (nSPS) is 12.2. The van der Waals surface area contributed by atoms with E-state index in [1.54, 1.807) is 12.1 Å². The fourth-order valence-electron chi connectivity index (χ4n) is 1.77. The summed E-state index contributed by atoms with van der Waals surface area (Å²) in [4.78, 5) is 0. The molecule has 0 aromatic heterocycles. The Hall–Kier alpha value is -1.19. The summed E-state index contributed by atoms with van der Waals surface area (Å²) in [5.41, 5.74) is 1.68. The van der Waals surface area contributed by atoms with Crippen molar-refractivity contribution in [1.82, 2.24) is 0 Å². The van der Waals surface area contributed by atoms with Gasteiger partial charge in [-0.15, -0.1) is 0 Å². The number of hydrogen-bond donors (Lipinski definition) is 2. The molecule has 0 saturated carbocycles. The van der Waals surface area contributed by atoms with E-state index in [2.05, 4.69) is 21.2 Å². The molecule has 1 atom stereocenters. The van der Waals surface area contributed by atoms with Gasteiger partial charge in [-0.25, -0.2) is 0 Å². The van der Waals surface area contributed by atoms with Gasteiger partial charge in [-0.1, -0.05) is 45.7 Å². The zero-order valence-electron chi connectivity index (χ0n) is 9.82. The summed E-state index contributed by atoms with van der Waals surface area (Å²) in [7, 11) is 0. The van der Waals surface area contributed by atoms with Crippen LogP contribution in [-0.2, 0) is 0 Å². The van der Waals surface area contributed by atoms with Gasteiger partial charge in [0.1, 0.15) is 5.75 Å². The Morgan fingerprint density at radius 3 is 2.67 bits per heavy atom. The Morgan fingerprint density at radius 1 is 1.22 bits per heavy atom. The van der Waals surface area contributed by atoms with Crippen molar-refractivity contribution >= 4 is 33.2 Å². The molecule has 2 aromatic carbocycles. The van der Waals surface area contributed by atoms with Gasteiger partial charge in [0.15, 0.2) is 0 Å². The molecule has 0 radical (unpaired) electrons. The van der Waals surface area contributed by atoms with E-state index in [1.807, 2.05) is 37.3 Å². The summed E-state index contributed by atoms with van der Waals surface area (Å²) in [6.45, 7) is 1.98. The summed E-state index contributed by atoms with van der Waals surface area (Å²) in [5.74, 6) is 0.281. The van der Waals surface area contributed by atoms with E-state index in [0.29, 0.717) is 5.02 Å². The molecule has 0 amide bonds. The third kappa shape index (κ3) is 2.98. The maximum absolute atomic E-state index is 9.80. The minimum absolute atomic E-state index is 0.0296. The van der Waals surface area contributed by atoms with Gasteiger partial charge in [-0.05, 0) is 31.2 Å². The standard InChI is InChI=1S/C14H13BrClNO/c1-9(11-4-2-3-5-14(11)18)17-13-8-10(15)6-7-12(13)16/h2-9,17-18H,1H3. The summed E-state index contributed by atoms with van der Waals surface area (Å²) >= 11 is 9.53. The Kier molecular flexibility index (Phi) is 4.15. The number of phenols is 1. The highest BCUT2D eigenvalue weighted by molar-refractivity contribution is 9.10. The fourth-order valence-corrected chi connectivity index (χ4v) is 2.31. The lowest BCUT2D eigenvalue weighted by Crippen LogP contribution is -2.07. The van der Waals surface area contributed by atoms with Gasteiger partial charge in [-0.3, -0.25) is 0 Å². The molecule has 0 aliphatic rings. The van der Waals surface area contributed by atoms with Crippen LogP contribution in [0.4, 0.5) is 5.69 Å². The van der Waals surface area contributed by atoms with Crippen LogP contribution in [-0.4, -0.2) is 5.11 Å². The van der Waals surface area contributed by atoms with Crippen LogP contribution in [0.3, 0.4) is 0 Å². The molecule has 0 aliphatic carbocycles. The van der Waals surface area contributed by atoms with E-state index in [1.165, 1.54) is 0 Å². The highest BCUT2D eigenvalue weighted by Crippen LogP contribution is 2.31. The second-order valence-corrected chi connectivity index (χ2v) is 5.37. The predicted molar refractivity (Wildman–Crippen MR) is 79.3 cm³/mol. The second-order valence-electron chi connectivity index (χ2n) is 4.05. The number of phenolic OH excluding ortho intramolecular Hbond substituents is 1. The number of hydrogen-bond acceptors (Lipinski definition) is 2. The van der Waals surface area contributed by atoms with Crippen molar-refractivity contribution < 1.29 is 5.11 Å². The molecule has 2 rings (SSSR count). The smallest absolute Gasteiger partial charge is 0.120 e. The van der Waals surface area contributed by atoms with Gasteiger partial charge < -0.3 is 10.4 Å². The lowest BCUT2D eigenvalue weighted by Gasteiger charge is -2.18. The first kappa shape index (κ1) is 13.2. The van der Waals surface area contributed by atoms with E-state index in [-0.39, 0.29) is 11.8 Å². The summed E-state index contributed by atoms with van der Waals surface area (Å²) in [5, 5.41) is 13.7. The van der Waals surface area contributed by atoms with Gasteiger partial charge in [0.25, 0.3) is 0 Å². The number of rotatable bonds is 3. The van der Waals surface area contributed by atoms with Gasteiger partial charge >= 0.3 is 0 Å². The molecule has 2 nitrogen and oxygen atoms in total. The summed E-state index contributed by atoms with van der Waals surface area (Å²) in [6, 6.07) is 12.9. The number of nitrogens with one attached hydrogen (secondary N) is 1. The molecule has 94 valence electrons. The highest BCUT2D eigenvalue weighted by atomic mass is 79.9. The van der Waals surface area contributed by atoms with E-state index in [0.717, 1.165) is 15.7 Å². The lowest BCUT2D eigenvalue weighted by atomic mass is 10.1. The van der Waals surface area contributed by atoms with Gasteiger partial charge in [0, 0.05) is 10.0 Å². The van der Waals surface area contributed by atoms with Crippen LogP contribution < -0.4 is 5.32 Å². The average molecular weight is 327 g/mol. The molecule has 0 spiro atoms. The van der Waals surface area contributed by atoms with Gasteiger partial charge in [0.2, 0.25) is 0 Å². The SMILES string of the molecule is CC(Nc1cc(Br)ccc1Cl)c1ccccc1O. The van der Waals surface area contributed by atoms with Crippen molar-refractivity contribution in [3.63, 3.8) is 0 Å². The van der Waals surface area contributed by atoms with Crippen LogP contribution in [0.25, 0.3) is 0 Å². The Balaban J connectivity index is 2.24. The van der Waals surface area contributed by atoms with Crippen LogP contribution in [0, 0.1) is 0 Å². The Labute approximate surface area is 120 Å². The topological polar surface area (TPSA) is 32.3 Å². The van der Waals surface area contributed by atoms with Crippen molar-refractivity contribution in [3.05, 3.63) is 57.5 Å². The molecule has 2 N–H and O–H groups in total. The quantitative estimate of drug-likeness (QED) is 0.833. The molecule has 4 heteroatoms. The van der Waals surface area contributed by atoms with Crippen LogP contribution in [0.15, 0.2) is 46.9 Å². The first-order chi connectivity index (χ1) is 8.58. The molecule has 1 unspecified atom stereocenters. The molecule has 2 aromatic rings. The molecule has 0 saturated heterocycles. The van der Waals surface area contributed by atoms with Crippen LogP contribution >= 0.6 is 27.5 Å². The molecular weight excluding hydrogens is 314 g/mol. The maximum Gasteiger partial charge on any atom is 0.120 e. The molecule has 0 heterocycles. The minimum Gasteiger partial charge on any atom is -0.508 e. The average Bonchev–Trinajstić information content (AvgIpc) is 2.34. The molecule has 0 fully saturated rings. The van der Waals surface area contributed by atoms with E-state index < -0.39 is 0 Å². The number of halogens is 2. The Morgan fingerprint density at radius 2 is 1.94 bits per heavy atom. The first-order valence-electron chi connectivity index (χ1n) is 5.57. The van der Waals surface area contributed by atoms with E-state index in [4.69, 9.17) is 11.6 Å². The van der Waals surface area contributed by atoms with E-state index >= 15 is 0 Å². The van der Waals surface area contributed by atoms with Crippen LogP contribution in [0.5, 0.6) is 5.75 Å². The van der Waals surface area contributed by atoms with Gasteiger partial charge in [0.05, 0.1) is 16.8 Å². The summed E-state index contributed by atoms with van der Waals surface area (Å²) in [6.07, 6.45) is 0. The largest absolute Gasteiger partial charge is 0.508 e. The number of benzene rings is 2. The fraction of sp³-hybridized carbons (Fsp3) is 0.143. The van der Waals surface area contributed by atoms with Crippen LogP contribution in [0.1, 0.15) is 18.5 Å². The predicted octanol–water partition coefficient (Wildman–Crippen LogP) is 4.98. The van der Waals surface area contributed by atoms with Crippen molar-refractivity contribution in [3.8, 4) is 5.75 Å². The van der Waals surface area contributed by atoms with Crippen molar-refractivity contribution in [2.45, 2.75) is 13.0 Å². The third-order valence-corrected chi connectivity index (χ3v) is 3.53. The minimum atomic E-state index is -0.0296. The zero-order valence-corrected chi connectivity index (χ0v) is 12.2. The highest BCUT2D eigenvalue weighted by Gasteiger charge is 2.11. The number of aromatic hydroxyl groups is 1. The summed E-state index contributed by atoms with van der Waals surface area (Å²) < 4.78 is 0.957. The molecule has 0 aliphatic heterocycles. The van der Waals surface area contributed by atoms with Crippen molar-refractivity contribution in [2.75, 3.05) is 5.32 Å². The lowest BCUT2D eigenvalue weighted by molar-refractivity contribution is 0.465. The molecule has 18 heavy (non-hydrogen) atoms. The molecule has 0 bridgehead atoms.